The van der Waals surface area contributed by atoms with Crippen LogP contribution in [0.3, 0.4) is 0 Å². The summed E-state index contributed by atoms with van der Waals surface area (Å²) in [6.07, 6.45) is 0. The molecule has 0 fully saturated rings. The molecule has 3 heterocycles. The van der Waals surface area contributed by atoms with Gasteiger partial charge in [0.2, 0.25) is 0 Å². The Morgan fingerprint density at radius 3 is 1.59 bits per heavy atom. The Bertz CT molecular complexity index is 2740. The van der Waals surface area contributed by atoms with Gasteiger partial charge in [-0.1, -0.05) is 127 Å². The summed E-state index contributed by atoms with van der Waals surface area (Å²) in [4.78, 5) is 14.9. The van der Waals surface area contributed by atoms with Crippen LogP contribution < -0.4 is 4.74 Å². The Balaban J connectivity index is 1.18. The summed E-state index contributed by atoms with van der Waals surface area (Å²) in [7, 11) is 0. The van der Waals surface area contributed by atoms with Crippen molar-refractivity contribution in [3.63, 3.8) is 0 Å². The first kappa shape index (κ1) is 28.0. The average molecular weight is 654 g/mol. The molecule has 7 aromatic carbocycles. The molecule has 0 radical (unpaired) electrons. The first-order chi connectivity index (χ1) is 25.3. The van der Waals surface area contributed by atoms with Crippen molar-refractivity contribution in [2.75, 3.05) is 0 Å². The van der Waals surface area contributed by atoms with Crippen molar-refractivity contribution in [1.29, 1.82) is 0 Å². The van der Waals surface area contributed by atoms with Crippen molar-refractivity contribution in [2.45, 2.75) is 5.41 Å². The lowest BCUT2D eigenvalue weighted by Gasteiger charge is -2.39. The fourth-order valence-electron chi connectivity index (χ4n) is 8.25. The molecule has 1 spiro atoms. The first-order valence-corrected chi connectivity index (χ1v) is 17.1. The Morgan fingerprint density at radius 2 is 0.941 bits per heavy atom. The predicted molar refractivity (Wildman–Crippen MR) is 201 cm³/mol. The number of hydrogen-bond acceptors (Lipinski definition) is 5. The molecule has 0 unspecified atom stereocenters. The Morgan fingerprint density at radius 1 is 0.412 bits per heavy atom. The van der Waals surface area contributed by atoms with E-state index in [9.17, 15) is 0 Å². The fraction of sp³-hybridized carbons (Fsp3) is 0.0217. The van der Waals surface area contributed by atoms with Crippen LogP contribution in [0.4, 0.5) is 0 Å². The number of benzene rings is 7. The quantitative estimate of drug-likeness (QED) is 0.190. The minimum Gasteiger partial charge on any atom is -0.456 e. The molecular weight excluding hydrogens is 627 g/mol. The molecular formula is C46H27N3O2. The summed E-state index contributed by atoms with van der Waals surface area (Å²) < 4.78 is 13.5. The van der Waals surface area contributed by atoms with Crippen LogP contribution in [0.25, 0.3) is 67.2 Å². The lowest BCUT2D eigenvalue weighted by atomic mass is 9.66. The highest BCUT2D eigenvalue weighted by molar-refractivity contribution is 6.11. The van der Waals surface area contributed by atoms with Gasteiger partial charge in [0.05, 0.1) is 10.8 Å². The third kappa shape index (κ3) is 3.94. The maximum atomic E-state index is 6.97. The van der Waals surface area contributed by atoms with Gasteiger partial charge in [-0.25, -0.2) is 15.0 Å². The van der Waals surface area contributed by atoms with Crippen molar-refractivity contribution < 1.29 is 9.15 Å². The van der Waals surface area contributed by atoms with Crippen molar-refractivity contribution in [3.8, 4) is 56.8 Å². The van der Waals surface area contributed by atoms with Gasteiger partial charge in [-0.3, -0.25) is 0 Å². The number of hydrogen-bond donors (Lipinski definition) is 0. The molecule has 0 amide bonds. The summed E-state index contributed by atoms with van der Waals surface area (Å²) in [6, 6.07) is 56.6. The van der Waals surface area contributed by atoms with E-state index in [4.69, 9.17) is 24.1 Å². The summed E-state index contributed by atoms with van der Waals surface area (Å²) >= 11 is 0. The van der Waals surface area contributed by atoms with Gasteiger partial charge in [-0.2, -0.15) is 0 Å². The van der Waals surface area contributed by atoms with Gasteiger partial charge in [-0.05, 0) is 58.7 Å². The van der Waals surface area contributed by atoms with Crippen molar-refractivity contribution in [2.24, 2.45) is 0 Å². The van der Waals surface area contributed by atoms with E-state index in [1.165, 1.54) is 22.3 Å². The van der Waals surface area contributed by atoms with E-state index in [1.807, 2.05) is 78.9 Å². The molecule has 0 bridgehead atoms. The molecule has 0 saturated heterocycles. The highest BCUT2D eigenvalue weighted by Gasteiger charge is 2.51. The third-order valence-electron chi connectivity index (χ3n) is 10.4. The summed E-state index contributed by atoms with van der Waals surface area (Å²) in [5.74, 6) is 3.47. The number of ether oxygens (including phenoxy) is 1. The second-order valence-electron chi connectivity index (χ2n) is 13.1. The summed E-state index contributed by atoms with van der Waals surface area (Å²) in [6.45, 7) is 0. The van der Waals surface area contributed by atoms with Crippen LogP contribution in [0, 0.1) is 0 Å². The van der Waals surface area contributed by atoms with Gasteiger partial charge in [0.25, 0.3) is 0 Å². The zero-order chi connectivity index (χ0) is 33.5. The number of furan rings is 1. The van der Waals surface area contributed by atoms with Crippen LogP contribution >= 0.6 is 0 Å². The van der Waals surface area contributed by atoms with Crippen LogP contribution in [0.2, 0.25) is 0 Å². The van der Waals surface area contributed by atoms with Crippen LogP contribution in [-0.2, 0) is 5.41 Å². The lowest BCUT2D eigenvalue weighted by molar-refractivity contribution is 0.441. The molecule has 238 valence electrons. The zero-order valence-electron chi connectivity index (χ0n) is 27.2. The molecule has 1 aliphatic heterocycles. The topological polar surface area (TPSA) is 61.0 Å². The highest BCUT2D eigenvalue weighted by atomic mass is 16.5. The summed E-state index contributed by atoms with van der Waals surface area (Å²) in [5, 5.41) is 1.87. The summed E-state index contributed by atoms with van der Waals surface area (Å²) in [5.41, 5.74) is 10.9. The fourth-order valence-corrected chi connectivity index (χ4v) is 8.25. The molecule has 0 atom stereocenters. The van der Waals surface area contributed by atoms with E-state index >= 15 is 0 Å². The first-order valence-electron chi connectivity index (χ1n) is 17.1. The molecule has 9 aromatic rings. The maximum Gasteiger partial charge on any atom is 0.164 e. The van der Waals surface area contributed by atoms with Gasteiger partial charge in [0.1, 0.15) is 22.7 Å². The SMILES string of the molecule is c1ccc(-c2nc(-c3ccccc3)nc(-c3ccc4oc5ccc6c(c5c4c3)Oc3ccccc3C63c4ccccc4-c4ccccc43)n2)cc1. The van der Waals surface area contributed by atoms with E-state index in [-0.39, 0.29) is 0 Å². The highest BCUT2D eigenvalue weighted by Crippen LogP contribution is 2.63. The number of para-hydroxylation sites is 1. The number of aromatic nitrogens is 3. The van der Waals surface area contributed by atoms with Gasteiger partial charge >= 0.3 is 0 Å². The smallest absolute Gasteiger partial charge is 0.164 e. The molecule has 5 heteroatoms. The number of rotatable bonds is 3. The van der Waals surface area contributed by atoms with Gasteiger partial charge in [0.15, 0.2) is 17.5 Å². The maximum absolute atomic E-state index is 6.97. The Labute approximate surface area is 293 Å². The van der Waals surface area contributed by atoms with Crippen LogP contribution in [0.1, 0.15) is 22.3 Å². The molecule has 2 aliphatic rings. The minimum absolute atomic E-state index is 0.559. The van der Waals surface area contributed by atoms with Crippen molar-refractivity contribution >= 4 is 21.9 Å². The van der Waals surface area contributed by atoms with E-state index < -0.39 is 5.41 Å². The molecule has 5 nitrogen and oxygen atoms in total. The standard InChI is InChI=1S/C46H27N3O2/c1-3-13-28(14-4-1)43-47-44(29-15-5-2-6-16-29)49-45(48-43)30-23-25-38-33(27-30)41-40(50-38)26-24-37-42(41)51-39-22-12-11-21-36(39)46(37)34-19-9-7-17-31(34)32-18-8-10-20-35(32)46/h1-27H. The second kappa shape index (κ2) is 10.6. The largest absolute Gasteiger partial charge is 0.456 e. The molecule has 11 rings (SSSR count). The zero-order valence-corrected chi connectivity index (χ0v) is 27.2. The molecule has 2 aromatic heterocycles. The van der Waals surface area contributed by atoms with E-state index in [1.54, 1.807) is 0 Å². The number of fused-ring (bicyclic) bond motifs is 13. The van der Waals surface area contributed by atoms with Crippen LogP contribution in [0.5, 0.6) is 11.5 Å². The Kier molecular flexibility index (Phi) is 5.81. The van der Waals surface area contributed by atoms with Gasteiger partial charge in [0, 0.05) is 33.2 Å². The van der Waals surface area contributed by atoms with Crippen LogP contribution in [0.15, 0.2) is 168 Å². The molecule has 1 aliphatic carbocycles. The average Bonchev–Trinajstić information content (AvgIpc) is 3.73. The second-order valence-corrected chi connectivity index (χ2v) is 13.1. The molecule has 51 heavy (non-hydrogen) atoms. The van der Waals surface area contributed by atoms with E-state index in [2.05, 4.69) is 84.9 Å². The third-order valence-corrected chi connectivity index (χ3v) is 10.4. The minimum atomic E-state index is -0.559. The van der Waals surface area contributed by atoms with Crippen molar-refractivity contribution in [1.82, 2.24) is 15.0 Å². The lowest BCUT2D eigenvalue weighted by Crippen LogP contribution is -2.32. The van der Waals surface area contributed by atoms with E-state index in [0.29, 0.717) is 17.5 Å². The molecule has 0 saturated carbocycles. The number of nitrogens with zero attached hydrogens (tertiary/aromatic N) is 3. The Hall–Kier alpha value is -6.85. The monoisotopic (exact) mass is 653 g/mol. The van der Waals surface area contributed by atoms with Crippen LogP contribution in [-0.4, -0.2) is 15.0 Å². The van der Waals surface area contributed by atoms with E-state index in [0.717, 1.165) is 61.3 Å². The van der Waals surface area contributed by atoms with Crippen molar-refractivity contribution in [3.05, 3.63) is 186 Å². The normalized spacial score (nSPS) is 13.4. The van der Waals surface area contributed by atoms with Gasteiger partial charge in [-0.15, -0.1) is 0 Å². The molecule has 0 N–H and O–H groups in total. The predicted octanol–water partition coefficient (Wildman–Crippen LogP) is 11.2. The van der Waals surface area contributed by atoms with Gasteiger partial charge < -0.3 is 9.15 Å².